The van der Waals surface area contributed by atoms with Crippen LogP contribution >= 0.6 is 0 Å². The topological polar surface area (TPSA) is 107 Å². The van der Waals surface area contributed by atoms with Gasteiger partial charge in [-0.25, -0.2) is 9.48 Å². The molecule has 0 bridgehead atoms. The van der Waals surface area contributed by atoms with Crippen molar-refractivity contribution in [1.29, 1.82) is 0 Å². The van der Waals surface area contributed by atoms with Crippen LogP contribution in [0.4, 0.5) is 0 Å². The standard InChI is InChI=1S/C20H23N5O4/c1-2-10-24-17(21-22-23-24)12-29-20(28)13-8-9-15-16(11-13)19(27)25(18(15)26)14-6-4-3-5-7-14/h8-9,11,14H,2-7,10,12H2,1H3. The van der Waals surface area contributed by atoms with Crippen LogP contribution in [0.2, 0.25) is 0 Å². The first kappa shape index (κ1) is 19.2. The molecule has 0 unspecified atom stereocenters. The van der Waals surface area contributed by atoms with Crippen LogP contribution in [0.1, 0.15) is 82.3 Å². The summed E-state index contributed by atoms with van der Waals surface area (Å²) < 4.78 is 6.90. The predicted molar refractivity (Wildman–Crippen MR) is 101 cm³/mol. The van der Waals surface area contributed by atoms with Crippen LogP contribution in [0.25, 0.3) is 0 Å². The molecule has 9 heteroatoms. The molecule has 152 valence electrons. The van der Waals surface area contributed by atoms with Crippen molar-refractivity contribution in [3.05, 3.63) is 40.7 Å². The Labute approximate surface area is 168 Å². The number of imide groups is 1. The number of aryl methyl sites for hydroxylation is 1. The monoisotopic (exact) mass is 397 g/mol. The number of nitrogens with zero attached hydrogens (tertiary/aromatic N) is 5. The van der Waals surface area contributed by atoms with E-state index in [1.54, 1.807) is 4.68 Å². The van der Waals surface area contributed by atoms with Crippen molar-refractivity contribution in [2.45, 2.75) is 64.6 Å². The summed E-state index contributed by atoms with van der Waals surface area (Å²) in [6.45, 7) is 2.56. The summed E-state index contributed by atoms with van der Waals surface area (Å²) in [7, 11) is 0. The number of esters is 1. The lowest BCUT2D eigenvalue weighted by atomic mass is 9.94. The Bertz CT molecular complexity index is 948. The van der Waals surface area contributed by atoms with Gasteiger partial charge in [0.15, 0.2) is 12.4 Å². The Kier molecular flexibility index (Phi) is 5.37. The summed E-state index contributed by atoms with van der Waals surface area (Å²) in [4.78, 5) is 39.4. The van der Waals surface area contributed by atoms with E-state index in [0.29, 0.717) is 17.9 Å². The summed E-state index contributed by atoms with van der Waals surface area (Å²) in [5, 5.41) is 11.3. The summed E-state index contributed by atoms with van der Waals surface area (Å²) in [5.41, 5.74) is 0.847. The number of benzene rings is 1. The highest BCUT2D eigenvalue weighted by molar-refractivity contribution is 6.22. The van der Waals surface area contributed by atoms with E-state index in [1.807, 2.05) is 6.92 Å². The molecule has 1 saturated carbocycles. The van der Waals surface area contributed by atoms with Gasteiger partial charge in [0.25, 0.3) is 11.8 Å². The SMILES string of the molecule is CCCn1nnnc1COC(=O)c1ccc2c(c1)C(=O)N(C1CCCCC1)C2=O. The zero-order chi connectivity index (χ0) is 20.4. The van der Waals surface area contributed by atoms with Gasteiger partial charge in [-0.1, -0.05) is 26.2 Å². The minimum atomic E-state index is -0.588. The summed E-state index contributed by atoms with van der Waals surface area (Å²) in [5.74, 6) is -0.722. The van der Waals surface area contributed by atoms with E-state index in [2.05, 4.69) is 15.5 Å². The zero-order valence-electron chi connectivity index (χ0n) is 16.3. The van der Waals surface area contributed by atoms with Crippen molar-refractivity contribution >= 4 is 17.8 Å². The van der Waals surface area contributed by atoms with Gasteiger partial charge in [0, 0.05) is 12.6 Å². The quantitative estimate of drug-likeness (QED) is 0.544. The molecule has 0 spiro atoms. The van der Waals surface area contributed by atoms with Crippen molar-refractivity contribution in [1.82, 2.24) is 25.1 Å². The second-order valence-electron chi connectivity index (χ2n) is 7.43. The van der Waals surface area contributed by atoms with E-state index in [-0.39, 0.29) is 35.6 Å². The van der Waals surface area contributed by atoms with Gasteiger partial charge < -0.3 is 4.74 Å². The maximum Gasteiger partial charge on any atom is 0.338 e. The van der Waals surface area contributed by atoms with Crippen molar-refractivity contribution in [3.63, 3.8) is 0 Å². The normalized spacial score (nSPS) is 16.9. The summed E-state index contributed by atoms with van der Waals surface area (Å²) in [6.07, 6.45) is 5.71. The number of hydrogen-bond acceptors (Lipinski definition) is 7. The maximum atomic E-state index is 12.9. The molecule has 29 heavy (non-hydrogen) atoms. The fourth-order valence-electron chi connectivity index (χ4n) is 3.98. The predicted octanol–water partition coefficient (Wildman–Crippen LogP) is 2.37. The van der Waals surface area contributed by atoms with Crippen LogP contribution in [0.15, 0.2) is 18.2 Å². The molecule has 2 heterocycles. The van der Waals surface area contributed by atoms with Crippen molar-refractivity contribution in [2.75, 3.05) is 0 Å². The molecule has 2 amide bonds. The largest absolute Gasteiger partial charge is 0.454 e. The molecule has 0 atom stereocenters. The molecule has 1 aliphatic carbocycles. The molecule has 1 aromatic heterocycles. The maximum absolute atomic E-state index is 12.9. The van der Waals surface area contributed by atoms with Gasteiger partial charge in [-0.15, -0.1) is 5.10 Å². The van der Waals surface area contributed by atoms with Gasteiger partial charge in [0.05, 0.1) is 16.7 Å². The molecule has 1 fully saturated rings. The first-order valence-electron chi connectivity index (χ1n) is 10.0. The summed E-state index contributed by atoms with van der Waals surface area (Å²) in [6, 6.07) is 4.46. The van der Waals surface area contributed by atoms with Crippen LogP contribution in [-0.2, 0) is 17.9 Å². The first-order valence-corrected chi connectivity index (χ1v) is 10.0. The second kappa shape index (κ2) is 8.10. The molecule has 0 saturated heterocycles. The van der Waals surface area contributed by atoms with E-state index < -0.39 is 5.97 Å². The van der Waals surface area contributed by atoms with Gasteiger partial charge >= 0.3 is 5.97 Å². The third-order valence-corrected chi connectivity index (χ3v) is 5.47. The number of aromatic nitrogens is 4. The zero-order valence-corrected chi connectivity index (χ0v) is 16.3. The molecule has 1 aliphatic heterocycles. The average molecular weight is 397 g/mol. The Hall–Kier alpha value is -3.10. The van der Waals surface area contributed by atoms with Crippen LogP contribution in [0, 0.1) is 0 Å². The molecule has 4 rings (SSSR count). The average Bonchev–Trinajstić information content (AvgIpc) is 3.29. The van der Waals surface area contributed by atoms with Gasteiger partial charge in [-0.3, -0.25) is 14.5 Å². The molecule has 2 aromatic rings. The fraction of sp³-hybridized carbons (Fsp3) is 0.500. The highest BCUT2D eigenvalue weighted by Crippen LogP contribution is 2.31. The van der Waals surface area contributed by atoms with Crippen LogP contribution in [-0.4, -0.2) is 48.9 Å². The van der Waals surface area contributed by atoms with Crippen LogP contribution in [0.3, 0.4) is 0 Å². The Morgan fingerprint density at radius 1 is 1.14 bits per heavy atom. The third-order valence-electron chi connectivity index (χ3n) is 5.47. The van der Waals surface area contributed by atoms with Crippen LogP contribution in [0.5, 0.6) is 0 Å². The Morgan fingerprint density at radius 2 is 1.90 bits per heavy atom. The fourth-order valence-corrected chi connectivity index (χ4v) is 3.98. The number of carbonyl (C=O) groups excluding carboxylic acids is 3. The summed E-state index contributed by atoms with van der Waals surface area (Å²) >= 11 is 0. The van der Waals surface area contributed by atoms with E-state index in [0.717, 1.165) is 38.5 Å². The number of fused-ring (bicyclic) bond motifs is 1. The van der Waals surface area contributed by atoms with Crippen molar-refractivity contribution in [2.24, 2.45) is 0 Å². The van der Waals surface area contributed by atoms with E-state index in [1.165, 1.54) is 23.1 Å². The third kappa shape index (κ3) is 3.64. The molecule has 1 aromatic carbocycles. The number of rotatable bonds is 6. The molecule has 0 N–H and O–H groups in total. The Morgan fingerprint density at radius 3 is 2.66 bits per heavy atom. The van der Waals surface area contributed by atoms with E-state index in [9.17, 15) is 14.4 Å². The lowest BCUT2D eigenvalue weighted by Gasteiger charge is -2.29. The first-order chi connectivity index (χ1) is 14.1. The lowest BCUT2D eigenvalue weighted by Crippen LogP contribution is -2.40. The molecule has 9 nitrogen and oxygen atoms in total. The number of tetrazole rings is 1. The number of amides is 2. The van der Waals surface area contributed by atoms with Gasteiger partial charge in [0.1, 0.15) is 0 Å². The Balaban J connectivity index is 1.48. The number of ether oxygens (including phenoxy) is 1. The van der Waals surface area contributed by atoms with Gasteiger partial charge in [-0.2, -0.15) is 0 Å². The number of carbonyl (C=O) groups is 3. The lowest BCUT2D eigenvalue weighted by molar-refractivity contribution is 0.0455. The van der Waals surface area contributed by atoms with Gasteiger partial charge in [-0.05, 0) is 47.9 Å². The molecular weight excluding hydrogens is 374 g/mol. The van der Waals surface area contributed by atoms with E-state index in [4.69, 9.17) is 4.74 Å². The minimum Gasteiger partial charge on any atom is -0.454 e. The highest BCUT2D eigenvalue weighted by atomic mass is 16.5. The van der Waals surface area contributed by atoms with Crippen LogP contribution < -0.4 is 0 Å². The van der Waals surface area contributed by atoms with Crippen molar-refractivity contribution < 1.29 is 19.1 Å². The number of hydrogen-bond donors (Lipinski definition) is 0. The molecular formula is C20H23N5O4. The smallest absolute Gasteiger partial charge is 0.338 e. The molecule has 2 aliphatic rings. The minimum absolute atomic E-state index is 0.0519. The molecule has 0 radical (unpaired) electrons. The second-order valence-corrected chi connectivity index (χ2v) is 7.43. The van der Waals surface area contributed by atoms with E-state index >= 15 is 0 Å². The highest BCUT2D eigenvalue weighted by Gasteiger charge is 2.40. The van der Waals surface area contributed by atoms with Crippen molar-refractivity contribution in [3.8, 4) is 0 Å². The van der Waals surface area contributed by atoms with Gasteiger partial charge in [0.2, 0.25) is 0 Å².